The zero-order valence-corrected chi connectivity index (χ0v) is 9.48. The molecule has 1 saturated carbocycles. The minimum absolute atomic E-state index is 0.685. The first-order valence-corrected chi connectivity index (χ1v) is 6.23. The highest BCUT2D eigenvalue weighted by Gasteiger charge is 2.22. The van der Waals surface area contributed by atoms with E-state index < -0.39 is 0 Å². The van der Waals surface area contributed by atoms with Crippen molar-refractivity contribution >= 4 is 5.95 Å². The van der Waals surface area contributed by atoms with Crippen molar-refractivity contribution in [2.75, 3.05) is 18.0 Å². The number of piperidine rings is 1. The molecular formula is C11H18N4O. The summed E-state index contributed by atoms with van der Waals surface area (Å²) >= 11 is 0. The van der Waals surface area contributed by atoms with Crippen LogP contribution in [0.4, 0.5) is 5.95 Å². The van der Waals surface area contributed by atoms with Crippen LogP contribution >= 0.6 is 0 Å². The van der Waals surface area contributed by atoms with Crippen molar-refractivity contribution in [2.45, 2.75) is 44.7 Å². The number of nitrogens with zero attached hydrogens (tertiary/aromatic N) is 3. The van der Waals surface area contributed by atoms with Gasteiger partial charge in [0.2, 0.25) is 5.89 Å². The normalized spacial score (nSPS) is 21.4. The molecule has 16 heavy (non-hydrogen) atoms. The fourth-order valence-corrected chi connectivity index (χ4v) is 2.06. The molecule has 5 heteroatoms. The zero-order chi connectivity index (χ0) is 10.8. The van der Waals surface area contributed by atoms with Crippen LogP contribution in [0.15, 0.2) is 4.52 Å². The second-order valence-corrected chi connectivity index (χ2v) is 4.69. The Balaban J connectivity index is 1.57. The van der Waals surface area contributed by atoms with E-state index in [2.05, 4.69) is 20.4 Å². The molecule has 0 unspecified atom stereocenters. The lowest BCUT2D eigenvalue weighted by atomic mass is 10.1. The molecule has 0 radical (unpaired) electrons. The Morgan fingerprint density at radius 2 is 2.06 bits per heavy atom. The van der Waals surface area contributed by atoms with Crippen LogP contribution in [0.25, 0.3) is 0 Å². The SMILES string of the molecule is C1CCN(c2noc(CNC3CC3)n2)CC1. The summed E-state index contributed by atoms with van der Waals surface area (Å²) < 4.78 is 5.23. The predicted molar refractivity (Wildman–Crippen MR) is 60.2 cm³/mol. The summed E-state index contributed by atoms with van der Waals surface area (Å²) in [6.07, 6.45) is 6.37. The van der Waals surface area contributed by atoms with Gasteiger partial charge in [-0.1, -0.05) is 0 Å². The number of hydrogen-bond acceptors (Lipinski definition) is 5. The van der Waals surface area contributed by atoms with Gasteiger partial charge in [0.05, 0.1) is 6.54 Å². The Hall–Kier alpha value is -1.10. The highest BCUT2D eigenvalue weighted by Crippen LogP contribution is 2.20. The summed E-state index contributed by atoms with van der Waals surface area (Å²) in [5, 5.41) is 7.41. The molecule has 0 spiro atoms. The standard InChI is InChI=1S/C11H18N4O/c1-2-6-15(7-3-1)11-13-10(16-14-11)8-12-9-4-5-9/h9,12H,1-8H2. The molecule has 1 aromatic rings. The third-order valence-corrected chi connectivity index (χ3v) is 3.22. The fraction of sp³-hybridized carbons (Fsp3) is 0.818. The van der Waals surface area contributed by atoms with Crippen LogP contribution in [-0.4, -0.2) is 29.3 Å². The van der Waals surface area contributed by atoms with Crippen LogP contribution in [0.3, 0.4) is 0 Å². The predicted octanol–water partition coefficient (Wildman–Crippen LogP) is 1.31. The van der Waals surface area contributed by atoms with Gasteiger partial charge in [-0.25, -0.2) is 0 Å². The Kier molecular flexibility index (Phi) is 2.78. The lowest BCUT2D eigenvalue weighted by Gasteiger charge is -2.24. The van der Waals surface area contributed by atoms with Gasteiger partial charge in [-0.15, -0.1) is 0 Å². The van der Waals surface area contributed by atoms with Gasteiger partial charge in [0, 0.05) is 19.1 Å². The van der Waals surface area contributed by atoms with E-state index in [1.165, 1.54) is 32.1 Å². The topological polar surface area (TPSA) is 54.2 Å². The van der Waals surface area contributed by atoms with Crippen LogP contribution in [0, 0.1) is 0 Å². The minimum atomic E-state index is 0.685. The number of aromatic nitrogens is 2. The second kappa shape index (κ2) is 4.41. The van der Waals surface area contributed by atoms with E-state index in [1.807, 2.05) is 0 Å². The minimum Gasteiger partial charge on any atom is -0.338 e. The number of rotatable bonds is 4. The van der Waals surface area contributed by atoms with E-state index in [0.29, 0.717) is 18.5 Å². The van der Waals surface area contributed by atoms with Crippen molar-refractivity contribution in [2.24, 2.45) is 0 Å². The maximum absolute atomic E-state index is 5.23. The van der Waals surface area contributed by atoms with Gasteiger partial charge >= 0.3 is 0 Å². The summed E-state index contributed by atoms with van der Waals surface area (Å²) in [7, 11) is 0. The highest BCUT2D eigenvalue weighted by molar-refractivity contribution is 5.27. The van der Waals surface area contributed by atoms with E-state index in [0.717, 1.165) is 19.0 Å². The van der Waals surface area contributed by atoms with E-state index in [4.69, 9.17) is 4.52 Å². The molecule has 0 amide bonds. The molecule has 1 saturated heterocycles. The summed E-state index contributed by atoms with van der Waals surface area (Å²) in [4.78, 5) is 6.64. The first kappa shape index (κ1) is 10.1. The maximum Gasteiger partial charge on any atom is 0.266 e. The van der Waals surface area contributed by atoms with Crippen LogP contribution in [0.2, 0.25) is 0 Å². The zero-order valence-electron chi connectivity index (χ0n) is 9.48. The van der Waals surface area contributed by atoms with E-state index in [9.17, 15) is 0 Å². The third-order valence-electron chi connectivity index (χ3n) is 3.22. The Morgan fingerprint density at radius 1 is 1.25 bits per heavy atom. The Labute approximate surface area is 95.2 Å². The molecule has 88 valence electrons. The van der Waals surface area contributed by atoms with Crippen LogP contribution in [-0.2, 0) is 6.54 Å². The van der Waals surface area contributed by atoms with Gasteiger partial charge in [-0.2, -0.15) is 4.98 Å². The second-order valence-electron chi connectivity index (χ2n) is 4.69. The number of anilines is 1. The average Bonchev–Trinajstić information content (AvgIpc) is 3.05. The molecule has 2 heterocycles. The lowest BCUT2D eigenvalue weighted by Crippen LogP contribution is -2.30. The van der Waals surface area contributed by atoms with Gasteiger partial charge in [0.25, 0.3) is 5.95 Å². The van der Waals surface area contributed by atoms with E-state index in [1.54, 1.807) is 0 Å². The summed E-state index contributed by atoms with van der Waals surface area (Å²) in [5.74, 6) is 1.49. The van der Waals surface area contributed by atoms with Gasteiger partial charge in [-0.3, -0.25) is 0 Å². The summed E-state index contributed by atoms with van der Waals surface area (Å²) in [6.45, 7) is 2.84. The fourth-order valence-electron chi connectivity index (χ4n) is 2.06. The van der Waals surface area contributed by atoms with E-state index >= 15 is 0 Å². The number of nitrogens with one attached hydrogen (secondary N) is 1. The van der Waals surface area contributed by atoms with Crippen molar-refractivity contribution in [3.05, 3.63) is 5.89 Å². The van der Waals surface area contributed by atoms with Crippen molar-refractivity contribution in [3.8, 4) is 0 Å². The van der Waals surface area contributed by atoms with Gasteiger partial charge in [0.1, 0.15) is 0 Å². The lowest BCUT2D eigenvalue weighted by molar-refractivity contribution is 0.365. The van der Waals surface area contributed by atoms with Gasteiger partial charge < -0.3 is 14.7 Å². The van der Waals surface area contributed by atoms with Gasteiger partial charge in [0.15, 0.2) is 0 Å². The molecule has 3 rings (SSSR count). The Morgan fingerprint density at radius 3 is 2.81 bits per heavy atom. The quantitative estimate of drug-likeness (QED) is 0.832. The molecule has 0 bridgehead atoms. The molecule has 1 aliphatic carbocycles. The van der Waals surface area contributed by atoms with Crippen molar-refractivity contribution in [3.63, 3.8) is 0 Å². The molecule has 1 aliphatic heterocycles. The molecule has 1 N–H and O–H groups in total. The molecular weight excluding hydrogens is 204 g/mol. The summed E-state index contributed by atoms with van der Waals surface area (Å²) in [6, 6.07) is 0.685. The molecule has 0 atom stereocenters. The molecule has 2 aliphatic rings. The van der Waals surface area contributed by atoms with Crippen molar-refractivity contribution in [1.82, 2.24) is 15.5 Å². The average molecular weight is 222 g/mol. The monoisotopic (exact) mass is 222 g/mol. The number of hydrogen-bond donors (Lipinski definition) is 1. The van der Waals surface area contributed by atoms with Crippen LogP contribution in [0.1, 0.15) is 38.0 Å². The van der Waals surface area contributed by atoms with E-state index in [-0.39, 0.29) is 0 Å². The smallest absolute Gasteiger partial charge is 0.266 e. The first-order chi connectivity index (χ1) is 7.92. The third kappa shape index (κ3) is 2.35. The van der Waals surface area contributed by atoms with Crippen LogP contribution < -0.4 is 10.2 Å². The van der Waals surface area contributed by atoms with Crippen molar-refractivity contribution in [1.29, 1.82) is 0 Å². The molecule has 1 aromatic heterocycles. The molecule has 5 nitrogen and oxygen atoms in total. The maximum atomic E-state index is 5.23. The van der Waals surface area contributed by atoms with Crippen molar-refractivity contribution < 1.29 is 4.52 Å². The van der Waals surface area contributed by atoms with Crippen LogP contribution in [0.5, 0.6) is 0 Å². The largest absolute Gasteiger partial charge is 0.338 e. The highest BCUT2D eigenvalue weighted by atomic mass is 16.5. The molecule has 2 fully saturated rings. The first-order valence-electron chi connectivity index (χ1n) is 6.23. The van der Waals surface area contributed by atoms with Gasteiger partial charge in [-0.05, 0) is 37.3 Å². The Bertz CT molecular complexity index is 342. The summed E-state index contributed by atoms with van der Waals surface area (Å²) in [5.41, 5.74) is 0. The molecule has 0 aromatic carbocycles.